The summed E-state index contributed by atoms with van der Waals surface area (Å²) >= 11 is 1.65. The molecule has 0 atom stereocenters. The number of anilines is 1. The smallest absolute Gasteiger partial charge is 0.290 e. The number of para-hydroxylation sites is 1. The quantitative estimate of drug-likeness (QED) is 0.194. The van der Waals surface area contributed by atoms with Crippen molar-refractivity contribution in [3.8, 4) is 11.8 Å². The summed E-state index contributed by atoms with van der Waals surface area (Å²) in [5.74, 6) is 6.35. The number of hydrazine groups is 1. The van der Waals surface area contributed by atoms with Gasteiger partial charge in [0.25, 0.3) is 6.47 Å². The van der Waals surface area contributed by atoms with Crippen molar-refractivity contribution < 1.29 is 9.90 Å². The third-order valence-corrected chi connectivity index (χ3v) is 5.09. The molecular weight excluding hydrogens is 406 g/mol. The van der Waals surface area contributed by atoms with E-state index >= 15 is 0 Å². The standard InChI is InChI=1S/C15H16N2S.C9H9N.CH2O2/c1-3-16-17-15-11-10-14(18-15)9-8-13-6-4-12(2)5-7-13;1-7-6-10-9-5-3-2-4-8(7)9;2-1-3/h4-7,10-11,16-17H,3H2,1-2H3;2-6,10H,1H3;1H,(H,2,3). The number of H-pyrrole nitrogens is 1. The van der Waals surface area contributed by atoms with E-state index in [2.05, 4.69) is 78.8 Å². The zero-order chi connectivity index (χ0) is 22.5. The molecule has 31 heavy (non-hydrogen) atoms. The number of thiophene rings is 1. The van der Waals surface area contributed by atoms with Gasteiger partial charge < -0.3 is 15.5 Å². The summed E-state index contributed by atoms with van der Waals surface area (Å²) in [6.07, 6.45) is 2.03. The molecule has 0 saturated carbocycles. The maximum Gasteiger partial charge on any atom is 0.290 e. The van der Waals surface area contributed by atoms with Crippen LogP contribution in [-0.2, 0) is 4.79 Å². The van der Waals surface area contributed by atoms with Crippen LogP contribution < -0.4 is 10.9 Å². The molecule has 0 unspecified atom stereocenters. The second-order valence-electron chi connectivity index (χ2n) is 6.56. The lowest BCUT2D eigenvalue weighted by atomic mass is 10.1. The number of aromatic nitrogens is 1. The van der Waals surface area contributed by atoms with Gasteiger partial charge in [-0.2, -0.15) is 0 Å². The normalized spacial score (nSPS) is 9.39. The molecule has 2 heterocycles. The van der Waals surface area contributed by atoms with E-state index in [1.165, 1.54) is 22.0 Å². The van der Waals surface area contributed by atoms with Crippen LogP contribution in [0.25, 0.3) is 10.9 Å². The number of rotatable bonds is 3. The molecule has 0 bridgehead atoms. The summed E-state index contributed by atoms with van der Waals surface area (Å²) in [6, 6.07) is 20.6. The van der Waals surface area contributed by atoms with E-state index in [-0.39, 0.29) is 6.47 Å². The number of aromatic amines is 1. The minimum atomic E-state index is -0.250. The number of nitrogens with one attached hydrogen (secondary N) is 3. The molecule has 0 fully saturated rings. The summed E-state index contributed by atoms with van der Waals surface area (Å²) in [5, 5.41) is 9.30. The average molecular weight is 434 g/mol. The Morgan fingerprint density at radius 3 is 2.42 bits per heavy atom. The van der Waals surface area contributed by atoms with E-state index in [1.807, 2.05) is 36.5 Å². The largest absolute Gasteiger partial charge is 0.483 e. The van der Waals surface area contributed by atoms with Crippen LogP contribution in [0.4, 0.5) is 5.00 Å². The maximum atomic E-state index is 8.36. The molecule has 4 N–H and O–H groups in total. The number of hydrogen-bond donors (Lipinski definition) is 4. The molecule has 4 aromatic rings. The van der Waals surface area contributed by atoms with E-state index in [1.54, 1.807) is 11.3 Å². The highest BCUT2D eigenvalue weighted by molar-refractivity contribution is 7.16. The van der Waals surface area contributed by atoms with Gasteiger partial charge in [0, 0.05) is 29.2 Å². The van der Waals surface area contributed by atoms with Crippen LogP contribution in [0.2, 0.25) is 0 Å². The summed E-state index contributed by atoms with van der Waals surface area (Å²) < 4.78 is 0. The molecule has 2 aromatic carbocycles. The number of carbonyl (C=O) groups is 1. The molecule has 6 heteroatoms. The molecular formula is C25H27N3O2S. The van der Waals surface area contributed by atoms with Crippen LogP contribution in [0.5, 0.6) is 0 Å². The first kappa shape index (κ1) is 23.7. The Kier molecular flexibility index (Phi) is 9.89. The number of hydrogen-bond acceptors (Lipinski definition) is 4. The van der Waals surface area contributed by atoms with Crippen LogP contribution in [0.1, 0.15) is 28.5 Å². The van der Waals surface area contributed by atoms with Crippen molar-refractivity contribution in [1.82, 2.24) is 10.4 Å². The van der Waals surface area contributed by atoms with Crippen molar-refractivity contribution in [2.24, 2.45) is 0 Å². The average Bonchev–Trinajstić information content (AvgIpc) is 3.40. The molecule has 0 spiro atoms. The Balaban J connectivity index is 0.000000219. The number of aryl methyl sites for hydroxylation is 2. The zero-order valence-electron chi connectivity index (χ0n) is 17.9. The van der Waals surface area contributed by atoms with Crippen molar-refractivity contribution in [3.63, 3.8) is 0 Å². The van der Waals surface area contributed by atoms with E-state index in [4.69, 9.17) is 9.90 Å². The van der Waals surface area contributed by atoms with Gasteiger partial charge in [0.15, 0.2) is 0 Å². The first-order valence-corrected chi connectivity index (χ1v) is 10.7. The Labute approximate surface area is 187 Å². The summed E-state index contributed by atoms with van der Waals surface area (Å²) in [5.41, 5.74) is 11.0. The van der Waals surface area contributed by atoms with Crippen molar-refractivity contribution >= 4 is 33.7 Å². The van der Waals surface area contributed by atoms with Gasteiger partial charge in [-0.1, -0.05) is 54.7 Å². The molecule has 0 aliphatic carbocycles. The van der Waals surface area contributed by atoms with E-state index in [0.29, 0.717) is 0 Å². The molecule has 160 valence electrons. The van der Waals surface area contributed by atoms with Gasteiger partial charge in [-0.05, 0) is 49.7 Å². The first-order chi connectivity index (χ1) is 15.1. The van der Waals surface area contributed by atoms with Gasteiger partial charge in [0.1, 0.15) is 5.00 Å². The zero-order valence-corrected chi connectivity index (χ0v) is 18.7. The Morgan fingerprint density at radius 1 is 1.03 bits per heavy atom. The SMILES string of the molecule is CCNNc1ccc(C#Cc2ccc(C)cc2)s1.Cc1c[nH]c2ccccc12.O=CO. The lowest BCUT2D eigenvalue weighted by Gasteiger charge is -2.00. The Morgan fingerprint density at radius 2 is 1.74 bits per heavy atom. The Hall–Kier alpha value is -3.53. The molecule has 5 nitrogen and oxygen atoms in total. The van der Waals surface area contributed by atoms with Gasteiger partial charge in [-0.15, -0.1) is 11.3 Å². The monoisotopic (exact) mass is 433 g/mol. The topological polar surface area (TPSA) is 77.1 Å². The first-order valence-electron chi connectivity index (χ1n) is 9.85. The van der Waals surface area contributed by atoms with Gasteiger partial charge in [-0.3, -0.25) is 4.79 Å². The fraction of sp³-hybridized carbons (Fsp3) is 0.160. The lowest BCUT2D eigenvalue weighted by molar-refractivity contribution is -0.122. The van der Waals surface area contributed by atoms with Crippen LogP contribution in [0, 0.1) is 25.7 Å². The number of fused-ring (bicyclic) bond motifs is 1. The van der Waals surface area contributed by atoms with E-state index < -0.39 is 0 Å². The molecule has 0 aliphatic rings. The fourth-order valence-corrected chi connectivity index (χ4v) is 3.37. The van der Waals surface area contributed by atoms with Gasteiger partial charge in [0.05, 0.1) is 4.88 Å². The van der Waals surface area contributed by atoms with Gasteiger partial charge in [0.2, 0.25) is 0 Å². The predicted molar refractivity (Wildman–Crippen MR) is 131 cm³/mol. The second-order valence-corrected chi connectivity index (χ2v) is 7.64. The van der Waals surface area contributed by atoms with Gasteiger partial charge >= 0.3 is 0 Å². The molecule has 0 saturated heterocycles. The highest BCUT2D eigenvalue weighted by Gasteiger charge is 1.96. The van der Waals surface area contributed by atoms with Crippen LogP contribution in [0.3, 0.4) is 0 Å². The third kappa shape index (κ3) is 8.01. The predicted octanol–water partition coefficient (Wildman–Crippen LogP) is 5.57. The highest BCUT2D eigenvalue weighted by Crippen LogP contribution is 2.20. The lowest BCUT2D eigenvalue weighted by Crippen LogP contribution is -2.19. The van der Waals surface area contributed by atoms with Gasteiger partial charge in [-0.25, -0.2) is 5.43 Å². The highest BCUT2D eigenvalue weighted by atomic mass is 32.1. The molecule has 2 aromatic heterocycles. The molecule has 0 radical (unpaired) electrons. The second kappa shape index (κ2) is 12.9. The summed E-state index contributed by atoms with van der Waals surface area (Å²) in [6.45, 7) is 6.88. The maximum absolute atomic E-state index is 8.36. The summed E-state index contributed by atoms with van der Waals surface area (Å²) in [4.78, 5) is 12.6. The third-order valence-electron chi connectivity index (χ3n) is 4.17. The van der Waals surface area contributed by atoms with Crippen LogP contribution >= 0.6 is 11.3 Å². The van der Waals surface area contributed by atoms with Crippen LogP contribution in [-0.4, -0.2) is 23.1 Å². The Bertz CT molecular complexity index is 1130. The number of benzene rings is 2. The van der Waals surface area contributed by atoms with E-state index in [9.17, 15) is 0 Å². The molecule has 0 amide bonds. The molecule has 0 aliphatic heterocycles. The van der Waals surface area contributed by atoms with Crippen LogP contribution in [0.15, 0.2) is 66.9 Å². The minimum absolute atomic E-state index is 0.250. The minimum Gasteiger partial charge on any atom is -0.483 e. The van der Waals surface area contributed by atoms with Crippen molar-refractivity contribution in [2.45, 2.75) is 20.8 Å². The number of carboxylic acid groups (broad SMARTS) is 1. The summed E-state index contributed by atoms with van der Waals surface area (Å²) in [7, 11) is 0. The van der Waals surface area contributed by atoms with Crippen molar-refractivity contribution in [1.29, 1.82) is 0 Å². The van der Waals surface area contributed by atoms with E-state index in [0.717, 1.165) is 22.0 Å². The van der Waals surface area contributed by atoms with Crippen molar-refractivity contribution in [3.05, 3.63) is 88.4 Å². The van der Waals surface area contributed by atoms with Crippen molar-refractivity contribution in [2.75, 3.05) is 12.0 Å². The molecule has 4 rings (SSSR count). The fourth-order valence-electron chi connectivity index (χ4n) is 2.64.